The lowest BCUT2D eigenvalue weighted by atomic mass is 9.88. The number of hydrogen-bond donors (Lipinski definition) is 10. The fourth-order valence-electron chi connectivity index (χ4n) is 4.55. The number of amides is 1. The van der Waals surface area contributed by atoms with Crippen LogP contribution in [0.2, 0.25) is 0 Å². The van der Waals surface area contributed by atoms with Crippen molar-refractivity contribution in [3.63, 3.8) is 0 Å². The van der Waals surface area contributed by atoms with Crippen LogP contribution in [0, 0.1) is 5.21 Å². The molecule has 2 saturated heterocycles. The number of aliphatic carboxylic acids is 1. The van der Waals surface area contributed by atoms with Gasteiger partial charge in [-0.05, 0) is 6.08 Å². The molecule has 44 heavy (non-hydrogen) atoms. The minimum absolute atomic E-state index is 0.0332. The van der Waals surface area contributed by atoms with Crippen LogP contribution < -0.4 is 11.1 Å². The second-order valence-electron chi connectivity index (χ2n) is 9.94. The number of phosphoric ester groups is 1. The lowest BCUT2D eigenvalue weighted by Crippen LogP contribution is -2.68. The molecule has 11 N–H and O–H groups in total. The van der Waals surface area contributed by atoms with E-state index in [4.69, 9.17) is 24.3 Å². The molecule has 0 aromatic rings. The summed E-state index contributed by atoms with van der Waals surface area (Å²) in [4.78, 5) is 39.9. The van der Waals surface area contributed by atoms with Crippen molar-refractivity contribution in [2.45, 2.75) is 67.2 Å². The summed E-state index contributed by atoms with van der Waals surface area (Å²) in [5, 5.41) is 84.5. The van der Waals surface area contributed by atoms with Crippen molar-refractivity contribution in [1.29, 1.82) is 0 Å². The molecule has 22 heteroatoms. The summed E-state index contributed by atoms with van der Waals surface area (Å²) in [5.74, 6) is -6.40. The quantitative estimate of drug-likeness (QED) is 0.0308. The van der Waals surface area contributed by atoms with Gasteiger partial charge in [-0.2, -0.15) is 0 Å². The zero-order valence-electron chi connectivity index (χ0n) is 23.0. The minimum Gasteiger partial charge on any atom is -0.624 e. The zero-order chi connectivity index (χ0) is 33.1. The fourth-order valence-corrected chi connectivity index (χ4v) is 5.50. The summed E-state index contributed by atoms with van der Waals surface area (Å²) in [7, 11) is -4.60. The van der Waals surface area contributed by atoms with Gasteiger partial charge in [-0.25, -0.2) is 23.6 Å². The Kier molecular flexibility index (Phi) is 11.2. The number of phosphoric acid groups is 1. The predicted molar refractivity (Wildman–Crippen MR) is 142 cm³/mol. The molecule has 0 aromatic heterocycles. The SMILES string of the molecule is C=C1N=C(N)C=CN1[C@@H]1O[C@H](COP(=O)(O)OC2(C(=O)O)CC(O)C(NC(=O)/C=[N+](\C)[O-])C([C@H](O)[C@H](O)CO)O2)[C@H](O)C1O. The molecule has 3 aliphatic rings. The highest BCUT2D eigenvalue weighted by molar-refractivity contribution is 7.47. The van der Waals surface area contributed by atoms with E-state index in [0.29, 0.717) is 6.21 Å². The number of aliphatic hydroxyl groups excluding tert-OH is 6. The molecule has 0 saturated carbocycles. The van der Waals surface area contributed by atoms with Gasteiger partial charge < -0.3 is 71.3 Å². The number of carboxylic acids is 1. The van der Waals surface area contributed by atoms with Crippen molar-refractivity contribution in [1.82, 2.24) is 10.2 Å². The Labute approximate surface area is 248 Å². The maximum atomic E-state index is 12.9. The zero-order valence-corrected chi connectivity index (χ0v) is 23.9. The minimum atomic E-state index is -5.54. The number of nitrogens with zero attached hydrogens (tertiary/aromatic N) is 3. The first-order valence-electron chi connectivity index (χ1n) is 12.7. The predicted octanol–water partition coefficient (Wildman–Crippen LogP) is -5.44. The van der Waals surface area contributed by atoms with Gasteiger partial charge in [0, 0.05) is 12.6 Å². The van der Waals surface area contributed by atoms with Crippen LogP contribution in [-0.4, -0.2) is 155 Å². The van der Waals surface area contributed by atoms with E-state index < -0.39 is 100 Å². The third-order valence-electron chi connectivity index (χ3n) is 6.66. The first-order chi connectivity index (χ1) is 20.4. The van der Waals surface area contributed by atoms with Gasteiger partial charge in [0.2, 0.25) is 6.21 Å². The molecule has 6 unspecified atom stereocenters. The van der Waals surface area contributed by atoms with Crippen LogP contribution in [0.25, 0.3) is 0 Å². The Morgan fingerprint density at radius 1 is 1.39 bits per heavy atom. The second-order valence-corrected chi connectivity index (χ2v) is 11.3. The van der Waals surface area contributed by atoms with E-state index in [1.54, 1.807) is 0 Å². The molecular formula is C22H34N5O16P. The molecule has 0 spiro atoms. The average molecular weight is 656 g/mol. The molecule has 2 fully saturated rings. The van der Waals surface area contributed by atoms with E-state index in [1.165, 1.54) is 17.2 Å². The van der Waals surface area contributed by atoms with Gasteiger partial charge in [0.05, 0.1) is 25.4 Å². The van der Waals surface area contributed by atoms with Crippen molar-refractivity contribution < 1.29 is 78.1 Å². The number of carbonyl (C=O) groups is 2. The van der Waals surface area contributed by atoms with E-state index in [0.717, 1.165) is 7.05 Å². The van der Waals surface area contributed by atoms with E-state index in [9.17, 15) is 60.0 Å². The van der Waals surface area contributed by atoms with Crippen LogP contribution in [-0.2, 0) is 32.7 Å². The van der Waals surface area contributed by atoms with Gasteiger partial charge in [0.25, 0.3) is 5.79 Å². The monoisotopic (exact) mass is 655 g/mol. The van der Waals surface area contributed by atoms with Gasteiger partial charge in [0.15, 0.2) is 6.23 Å². The molecule has 1 amide bonds. The first kappa shape index (κ1) is 35.4. The van der Waals surface area contributed by atoms with E-state index in [1.807, 2.05) is 0 Å². The van der Waals surface area contributed by atoms with Gasteiger partial charge in [-0.3, -0.25) is 9.32 Å². The summed E-state index contributed by atoms with van der Waals surface area (Å²) < 4.78 is 33.4. The van der Waals surface area contributed by atoms with E-state index >= 15 is 0 Å². The molecule has 0 aliphatic carbocycles. The third kappa shape index (κ3) is 7.96. The number of hydrogen-bond acceptors (Lipinski definition) is 17. The number of amidine groups is 1. The van der Waals surface area contributed by atoms with Crippen molar-refractivity contribution >= 4 is 31.7 Å². The van der Waals surface area contributed by atoms with Crippen molar-refractivity contribution in [3.05, 3.63) is 29.9 Å². The Hall–Kier alpha value is -3.05. The Balaban J connectivity index is 1.78. The average Bonchev–Trinajstić information content (AvgIpc) is 3.20. The molecule has 248 valence electrons. The Morgan fingerprint density at radius 2 is 2.05 bits per heavy atom. The van der Waals surface area contributed by atoms with E-state index in [2.05, 4.69) is 16.9 Å². The number of nitrogens with two attached hydrogens (primary N) is 1. The van der Waals surface area contributed by atoms with Crippen LogP contribution in [0.5, 0.6) is 0 Å². The van der Waals surface area contributed by atoms with Gasteiger partial charge in [-0.1, -0.05) is 6.58 Å². The number of hydroxylamine groups is 1. The molecule has 11 atom stereocenters. The Bertz CT molecular complexity index is 1240. The summed E-state index contributed by atoms with van der Waals surface area (Å²) in [6.07, 6.45) is -12.5. The summed E-state index contributed by atoms with van der Waals surface area (Å²) in [6.45, 7) is 1.57. The number of aliphatic imine (C=N–C) groups is 1. The number of nitrogens with one attached hydrogen (secondary N) is 1. The van der Waals surface area contributed by atoms with Crippen LogP contribution in [0.3, 0.4) is 0 Å². The molecule has 3 heterocycles. The second kappa shape index (κ2) is 13.9. The van der Waals surface area contributed by atoms with Crippen molar-refractivity contribution in [2.75, 3.05) is 20.3 Å². The molecule has 3 rings (SSSR count). The van der Waals surface area contributed by atoms with E-state index in [-0.39, 0.29) is 16.4 Å². The fraction of sp³-hybridized carbons (Fsp3) is 0.636. The lowest BCUT2D eigenvalue weighted by Gasteiger charge is -2.46. The summed E-state index contributed by atoms with van der Waals surface area (Å²) >= 11 is 0. The smallest absolute Gasteiger partial charge is 0.475 e. The normalized spacial score (nSPS) is 35.5. The Morgan fingerprint density at radius 3 is 2.61 bits per heavy atom. The largest absolute Gasteiger partial charge is 0.624 e. The summed E-state index contributed by atoms with van der Waals surface area (Å²) in [5.41, 5.74) is 5.57. The molecule has 0 radical (unpaired) electrons. The highest BCUT2D eigenvalue weighted by Crippen LogP contribution is 2.51. The van der Waals surface area contributed by atoms with Crippen LogP contribution in [0.15, 0.2) is 29.7 Å². The van der Waals surface area contributed by atoms with Crippen molar-refractivity contribution in [2.24, 2.45) is 10.7 Å². The summed E-state index contributed by atoms with van der Waals surface area (Å²) in [6, 6.07) is -1.75. The maximum absolute atomic E-state index is 12.9. The number of rotatable bonds is 12. The first-order valence-corrected chi connectivity index (χ1v) is 14.2. The van der Waals surface area contributed by atoms with Gasteiger partial charge in [0.1, 0.15) is 55.3 Å². The third-order valence-corrected chi connectivity index (χ3v) is 7.66. The highest BCUT2D eigenvalue weighted by Gasteiger charge is 2.59. The molecular weight excluding hydrogens is 621 g/mol. The number of carbonyl (C=O) groups excluding carboxylic acids is 1. The van der Waals surface area contributed by atoms with Crippen LogP contribution in [0.1, 0.15) is 6.42 Å². The topological polar surface area (TPSA) is 330 Å². The lowest BCUT2D eigenvalue weighted by molar-refractivity contribution is -0.416. The molecule has 0 aromatic carbocycles. The molecule has 0 bridgehead atoms. The number of carboxylic acid groups (broad SMARTS) is 1. The number of aliphatic hydroxyl groups is 6. The van der Waals surface area contributed by atoms with Gasteiger partial charge >= 0.3 is 19.7 Å². The van der Waals surface area contributed by atoms with Crippen LogP contribution in [0.4, 0.5) is 0 Å². The van der Waals surface area contributed by atoms with Crippen molar-refractivity contribution in [3.8, 4) is 0 Å². The standard InChI is InChI=1S/C22H34N5O16P/c1-9-24-13(23)3-4-27(9)20-18(34)17(33)12(41-20)8-40-44(38,39)43-22(21(35)36)5-10(29)15(25-14(31)6-26(2)37)19(42-22)16(32)11(30)7-28/h3-4,6,10-12,15-20,28-30,32-34H,1,5,7-8H2,2H3,(H2,23,24)(H,25,31)(H,35,36)(H,38,39)/b26-6+/t10?,11-,12-,15?,16-,17+,18?,19?,20-,22?/m1/s1. The van der Waals surface area contributed by atoms with Crippen LogP contribution >= 0.6 is 7.82 Å². The molecule has 21 nitrogen and oxygen atoms in total. The number of ether oxygens (including phenoxy) is 2. The van der Waals surface area contributed by atoms with Gasteiger partial charge in [-0.15, -0.1) is 0 Å². The molecule has 3 aliphatic heterocycles. The highest BCUT2D eigenvalue weighted by atomic mass is 31.2. The maximum Gasteiger partial charge on any atom is 0.475 e.